The van der Waals surface area contributed by atoms with Gasteiger partial charge in [-0.15, -0.1) is 0 Å². The number of sulfonamides is 1. The minimum atomic E-state index is -3.96. The number of phenols is 2. The number of rotatable bonds is 8. The van der Waals surface area contributed by atoms with E-state index in [9.17, 15) is 18.6 Å². The Labute approximate surface area is 203 Å². The summed E-state index contributed by atoms with van der Waals surface area (Å²) in [6, 6.07) is 22.5. The molecule has 0 saturated heterocycles. The van der Waals surface area contributed by atoms with Crippen LogP contribution in [0.5, 0.6) is 11.5 Å². The van der Waals surface area contributed by atoms with Crippen molar-refractivity contribution in [2.24, 2.45) is 0 Å². The molecule has 0 aliphatic rings. The Morgan fingerprint density at radius 3 is 2.26 bits per heavy atom. The van der Waals surface area contributed by atoms with Gasteiger partial charge in [0.15, 0.2) is 11.5 Å². The number of phenolic OH excluding ortho intramolecular Hbond substituents is 2. The Kier molecular flexibility index (Phi) is 7.17. The molecule has 0 amide bonds. The predicted molar refractivity (Wildman–Crippen MR) is 132 cm³/mol. The molecule has 174 valence electrons. The number of hydrogen-bond acceptors (Lipinski definition) is 5. The maximum atomic E-state index is 13.4. The highest BCUT2D eigenvalue weighted by molar-refractivity contribution is 7.89. The Morgan fingerprint density at radius 2 is 1.56 bits per heavy atom. The monoisotopic (exact) mass is 494 g/mol. The fraction of sp³-hybridized carbons (Fsp3) is 0.115. The molecule has 8 heteroatoms. The van der Waals surface area contributed by atoms with E-state index in [1.54, 1.807) is 18.5 Å². The minimum Gasteiger partial charge on any atom is -0.504 e. The summed E-state index contributed by atoms with van der Waals surface area (Å²) in [5, 5.41) is 20.1. The summed E-state index contributed by atoms with van der Waals surface area (Å²) in [6.07, 6.45) is 3.72. The van der Waals surface area contributed by atoms with Crippen LogP contribution in [0.2, 0.25) is 5.02 Å². The molecular weight excluding hydrogens is 472 g/mol. The van der Waals surface area contributed by atoms with E-state index >= 15 is 0 Å². The summed E-state index contributed by atoms with van der Waals surface area (Å²) < 4.78 is 28.2. The van der Waals surface area contributed by atoms with E-state index in [0.717, 1.165) is 28.3 Å². The van der Waals surface area contributed by atoms with Crippen molar-refractivity contribution in [3.63, 3.8) is 0 Å². The van der Waals surface area contributed by atoms with E-state index in [-0.39, 0.29) is 23.7 Å². The van der Waals surface area contributed by atoms with Crippen LogP contribution < -0.4 is 0 Å². The second kappa shape index (κ2) is 10.3. The lowest BCUT2D eigenvalue weighted by Gasteiger charge is -2.23. The molecule has 0 atom stereocenters. The number of halogens is 1. The highest BCUT2D eigenvalue weighted by Crippen LogP contribution is 2.29. The third-order valence-corrected chi connectivity index (χ3v) is 7.48. The molecule has 0 fully saturated rings. The van der Waals surface area contributed by atoms with Crippen molar-refractivity contribution >= 4 is 21.6 Å². The average Bonchev–Trinajstić information content (AvgIpc) is 2.84. The smallest absolute Gasteiger partial charge is 0.243 e. The molecule has 0 spiro atoms. The molecule has 4 aromatic rings. The first-order chi connectivity index (χ1) is 16.3. The van der Waals surface area contributed by atoms with Gasteiger partial charge in [0, 0.05) is 36.6 Å². The van der Waals surface area contributed by atoms with E-state index < -0.39 is 15.8 Å². The summed E-state index contributed by atoms with van der Waals surface area (Å²) in [6.45, 7) is 0.323. The molecule has 3 aromatic carbocycles. The van der Waals surface area contributed by atoms with Gasteiger partial charge in [-0.2, -0.15) is 4.31 Å². The molecule has 6 nitrogen and oxygen atoms in total. The number of benzene rings is 3. The first-order valence-electron chi connectivity index (χ1n) is 10.6. The minimum absolute atomic E-state index is 0.0978. The molecule has 34 heavy (non-hydrogen) atoms. The largest absolute Gasteiger partial charge is 0.504 e. The number of aromatic nitrogens is 1. The third kappa shape index (κ3) is 5.56. The number of aromatic hydroxyl groups is 2. The molecule has 1 heterocycles. The zero-order valence-electron chi connectivity index (χ0n) is 18.2. The van der Waals surface area contributed by atoms with Gasteiger partial charge in [0.1, 0.15) is 0 Å². The third-order valence-electron chi connectivity index (χ3n) is 5.40. The van der Waals surface area contributed by atoms with Crippen molar-refractivity contribution in [3.8, 4) is 22.6 Å². The number of hydrogen-bond donors (Lipinski definition) is 2. The average molecular weight is 495 g/mol. The van der Waals surface area contributed by atoms with Crippen molar-refractivity contribution in [2.75, 3.05) is 6.54 Å². The van der Waals surface area contributed by atoms with Gasteiger partial charge >= 0.3 is 0 Å². The van der Waals surface area contributed by atoms with Gasteiger partial charge in [-0.1, -0.05) is 54.1 Å². The lowest BCUT2D eigenvalue weighted by atomic mass is 10.0. The van der Waals surface area contributed by atoms with E-state index in [4.69, 9.17) is 11.6 Å². The molecular formula is C26H23ClN2O4S. The fourth-order valence-electron chi connectivity index (χ4n) is 3.62. The Balaban J connectivity index is 1.61. The fourth-order valence-corrected chi connectivity index (χ4v) is 5.26. The van der Waals surface area contributed by atoms with Crippen LogP contribution in [0.3, 0.4) is 0 Å². The van der Waals surface area contributed by atoms with Crippen LogP contribution in [0.4, 0.5) is 0 Å². The summed E-state index contributed by atoms with van der Waals surface area (Å²) in [4.78, 5) is 3.99. The van der Waals surface area contributed by atoms with Gasteiger partial charge in [-0.3, -0.25) is 4.98 Å². The zero-order chi connectivity index (χ0) is 24.1. The van der Waals surface area contributed by atoms with E-state index in [0.29, 0.717) is 11.4 Å². The van der Waals surface area contributed by atoms with Crippen molar-refractivity contribution in [3.05, 3.63) is 107 Å². The van der Waals surface area contributed by atoms with E-state index in [1.807, 2.05) is 54.6 Å². The van der Waals surface area contributed by atoms with Gasteiger partial charge in [-0.05, 0) is 59.0 Å². The molecule has 0 saturated carbocycles. The van der Waals surface area contributed by atoms with Crippen molar-refractivity contribution in [1.82, 2.24) is 9.29 Å². The van der Waals surface area contributed by atoms with Gasteiger partial charge < -0.3 is 10.2 Å². The van der Waals surface area contributed by atoms with Crippen LogP contribution >= 0.6 is 11.6 Å². The maximum absolute atomic E-state index is 13.4. The second-order valence-electron chi connectivity index (χ2n) is 7.81. The van der Waals surface area contributed by atoms with Crippen molar-refractivity contribution < 1.29 is 18.6 Å². The van der Waals surface area contributed by atoms with Crippen LogP contribution in [0.15, 0.2) is 96.2 Å². The summed E-state index contributed by atoms with van der Waals surface area (Å²) in [5.74, 6) is -0.868. The van der Waals surface area contributed by atoms with Crippen LogP contribution in [0, 0.1) is 0 Å². The van der Waals surface area contributed by atoms with Crippen LogP contribution in [-0.2, 0) is 23.0 Å². The quantitative estimate of drug-likeness (QED) is 0.326. The Bertz CT molecular complexity index is 1400. The van der Waals surface area contributed by atoms with Crippen molar-refractivity contribution in [1.29, 1.82) is 0 Å². The molecule has 0 unspecified atom stereocenters. The highest BCUT2D eigenvalue weighted by Gasteiger charge is 2.25. The maximum Gasteiger partial charge on any atom is 0.243 e. The van der Waals surface area contributed by atoms with E-state index in [2.05, 4.69) is 4.98 Å². The Morgan fingerprint density at radius 1 is 0.824 bits per heavy atom. The Hall–Kier alpha value is -3.39. The van der Waals surface area contributed by atoms with Gasteiger partial charge in [0.25, 0.3) is 0 Å². The van der Waals surface area contributed by atoms with Gasteiger partial charge in [0.2, 0.25) is 10.0 Å². The van der Waals surface area contributed by atoms with Gasteiger partial charge in [-0.25, -0.2) is 8.42 Å². The standard InChI is InChI=1S/C26H23ClN2O4S/c27-23-8-2-7-22(15-23)21-6-1-4-19(14-21)11-13-29(18-20-5-3-12-28-17-20)34(32,33)24-9-10-25(30)26(31)16-24/h1-10,12,14-17,30-31H,11,13,18H2. The number of pyridine rings is 1. The molecule has 0 radical (unpaired) electrons. The lowest BCUT2D eigenvalue weighted by Crippen LogP contribution is -2.32. The van der Waals surface area contributed by atoms with Crippen LogP contribution in [-0.4, -0.2) is 34.5 Å². The molecule has 4 rings (SSSR count). The highest BCUT2D eigenvalue weighted by atomic mass is 35.5. The summed E-state index contributed by atoms with van der Waals surface area (Å²) >= 11 is 6.13. The molecule has 2 N–H and O–H groups in total. The first-order valence-corrected chi connectivity index (χ1v) is 12.4. The normalized spacial score (nSPS) is 11.6. The zero-order valence-corrected chi connectivity index (χ0v) is 19.7. The molecule has 1 aromatic heterocycles. The predicted octanol–water partition coefficient (Wildman–Crippen LogP) is 5.25. The topological polar surface area (TPSA) is 90.7 Å². The molecule has 0 bridgehead atoms. The molecule has 0 aliphatic heterocycles. The lowest BCUT2D eigenvalue weighted by molar-refractivity contribution is 0.397. The first kappa shape index (κ1) is 23.8. The van der Waals surface area contributed by atoms with Gasteiger partial charge in [0.05, 0.1) is 4.90 Å². The summed E-state index contributed by atoms with van der Waals surface area (Å²) in [7, 11) is -3.96. The van der Waals surface area contributed by atoms with E-state index in [1.165, 1.54) is 16.4 Å². The SMILES string of the molecule is O=S(=O)(c1ccc(O)c(O)c1)N(CCc1cccc(-c2cccc(Cl)c2)c1)Cc1cccnc1. The number of nitrogens with zero attached hydrogens (tertiary/aromatic N) is 2. The summed E-state index contributed by atoms with van der Waals surface area (Å²) in [5.41, 5.74) is 3.68. The van der Waals surface area contributed by atoms with Crippen molar-refractivity contribution in [2.45, 2.75) is 17.9 Å². The molecule has 0 aliphatic carbocycles. The second-order valence-corrected chi connectivity index (χ2v) is 10.2. The van der Waals surface area contributed by atoms with Crippen LogP contribution in [0.25, 0.3) is 11.1 Å². The van der Waals surface area contributed by atoms with Crippen LogP contribution in [0.1, 0.15) is 11.1 Å².